The number of thioether (sulfide) groups is 1. The zero-order chi connectivity index (χ0) is 24.9. The molecule has 0 N–H and O–H groups in total. The summed E-state index contributed by atoms with van der Waals surface area (Å²) in [6, 6.07) is 19.9. The molecule has 0 spiro atoms. The fraction of sp³-hybridized carbons (Fsp3) is 0.148. The van der Waals surface area contributed by atoms with Crippen LogP contribution in [0.25, 0.3) is 6.08 Å². The number of ether oxygens (including phenoxy) is 2. The van der Waals surface area contributed by atoms with Crippen LogP contribution in [0.5, 0.6) is 11.5 Å². The van der Waals surface area contributed by atoms with Crippen molar-refractivity contribution in [2.45, 2.75) is 20.4 Å². The van der Waals surface area contributed by atoms with Crippen molar-refractivity contribution in [3.63, 3.8) is 0 Å². The highest BCUT2D eigenvalue weighted by Crippen LogP contribution is 2.36. The molecule has 0 aromatic heterocycles. The van der Waals surface area contributed by atoms with Crippen LogP contribution in [0, 0.1) is 10.5 Å². The average molecular weight is 599 g/mol. The Labute approximate surface area is 221 Å². The van der Waals surface area contributed by atoms with Crippen molar-refractivity contribution in [1.29, 1.82) is 0 Å². The van der Waals surface area contributed by atoms with Gasteiger partial charge in [-0.05, 0) is 95.2 Å². The van der Waals surface area contributed by atoms with Crippen molar-refractivity contribution in [2.75, 3.05) is 6.61 Å². The van der Waals surface area contributed by atoms with Crippen molar-refractivity contribution in [3.8, 4) is 11.5 Å². The molecule has 35 heavy (non-hydrogen) atoms. The first-order chi connectivity index (χ1) is 16.9. The van der Waals surface area contributed by atoms with Crippen LogP contribution in [0.1, 0.15) is 34.0 Å². The maximum atomic E-state index is 13.0. The van der Waals surface area contributed by atoms with Gasteiger partial charge in [-0.25, -0.2) is 4.79 Å². The van der Waals surface area contributed by atoms with E-state index in [4.69, 9.17) is 9.47 Å². The van der Waals surface area contributed by atoms with Gasteiger partial charge in [-0.1, -0.05) is 42.5 Å². The lowest BCUT2D eigenvalue weighted by Crippen LogP contribution is -2.27. The maximum Gasteiger partial charge on any atom is 0.344 e. The number of benzene rings is 3. The number of carbonyl (C=O) groups is 3. The number of imide groups is 1. The third-order valence-corrected chi connectivity index (χ3v) is 7.17. The molecule has 8 heteroatoms. The number of hydrogen-bond acceptors (Lipinski definition) is 6. The van der Waals surface area contributed by atoms with Gasteiger partial charge in [0.15, 0.2) is 11.5 Å². The van der Waals surface area contributed by atoms with E-state index in [0.29, 0.717) is 28.4 Å². The van der Waals surface area contributed by atoms with Gasteiger partial charge in [0.2, 0.25) is 0 Å². The second-order valence-corrected chi connectivity index (χ2v) is 9.86. The van der Waals surface area contributed by atoms with Crippen molar-refractivity contribution in [1.82, 2.24) is 4.90 Å². The number of esters is 1. The molecule has 1 heterocycles. The zero-order valence-electron chi connectivity index (χ0n) is 19.1. The molecule has 178 valence electrons. The van der Waals surface area contributed by atoms with Crippen molar-refractivity contribution < 1.29 is 23.9 Å². The number of halogens is 1. The first-order valence-corrected chi connectivity index (χ1v) is 12.8. The van der Waals surface area contributed by atoms with Crippen molar-refractivity contribution in [2.24, 2.45) is 0 Å². The van der Waals surface area contributed by atoms with Gasteiger partial charge >= 0.3 is 5.97 Å². The van der Waals surface area contributed by atoms with Gasteiger partial charge in [0.05, 0.1) is 23.6 Å². The molecular formula is C27H22INO5S. The van der Waals surface area contributed by atoms with E-state index in [1.165, 1.54) is 4.90 Å². The van der Waals surface area contributed by atoms with Gasteiger partial charge in [0.1, 0.15) is 0 Å². The molecule has 0 bridgehead atoms. The van der Waals surface area contributed by atoms with Crippen LogP contribution in [-0.4, -0.2) is 28.6 Å². The Hall–Kier alpha value is -3.11. The Bertz CT molecular complexity index is 1340. The molecule has 3 aromatic carbocycles. The van der Waals surface area contributed by atoms with Crippen LogP contribution >= 0.6 is 34.4 Å². The topological polar surface area (TPSA) is 72.9 Å². The molecule has 4 rings (SSSR count). The molecule has 0 aliphatic carbocycles. The van der Waals surface area contributed by atoms with Gasteiger partial charge in [-0.15, -0.1) is 0 Å². The molecule has 1 saturated heterocycles. The minimum atomic E-state index is -0.485. The minimum absolute atomic E-state index is 0.228. The third-order valence-electron chi connectivity index (χ3n) is 5.33. The molecule has 1 aliphatic heterocycles. The first-order valence-electron chi connectivity index (χ1n) is 10.9. The number of hydrogen-bond donors (Lipinski definition) is 0. The van der Waals surface area contributed by atoms with E-state index in [0.717, 1.165) is 26.5 Å². The summed E-state index contributed by atoms with van der Waals surface area (Å²) in [6.45, 7) is 4.37. The van der Waals surface area contributed by atoms with E-state index in [1.54, 1.807) is 36.4 Å². The summed E-state index contributed by atoms with van der Waals surface area (Å²) < 4.78 is 12.1. The Morgan fingerprint density at radius 2 is 1.77 bits per heavy atom. The van der Waals surface area contributed by atoms with E-state index in [1.807, 2.05) is 50.2 Å². The lowest BCUT2D eigenvalue weighted by Gasteiger charge is -2.14. The Morgan fingerprint density at radius 3 is 2.51 bits per heavy atom. The number of rotatable bonds is 7. The smallest absolute Gasteiger partial charge is 0.344 e. The van der Waals surface area contributed by atoms with Gasteiger partial charge in [-0.3, -0.25) is 14.5 Å². The molecule has 3 aromatic rings. The van der Waals surface area contributed by atoms with Crippen LogP contribution in [0.15, 0.2) is 71.6 Å². The van der Waals surface area contributed by atoms with E-state index < -0.39 is 5.97 Å². The molecule has 0 saturated carbocycles. The van der Waals surface area contributed by atoms with Crippen LogP contribution in [0.4, 0.5) is 4.79 Å². The average Bonchev–Trinajstić information content (AvgIpc) is 3.09. The molecule has 0 unspecified atom stereocenters. The van der Waals surface area contributed by atoms with Crippen LogP contribution in [0.3, 0.4) is 0 Å². The van der Waals surface area contributed by atoms with Crippen LogP contribution in [0.2, 0.25) is 0 Å². The van der Waals surface area contributed by atoms with Crippen molar-refractivity contribution >= 4 is 57.5 Å². The van der Waals surface area contributed by atoms with E-state index in [-0.39, 0.29) is 23.4 Å². The van der Waals surface area contributed by atoms with Crippen molar-refractivity contribution in [3.05, 3.63) is 97.5 Å². The Balaban J connectivity index is 1.55. The molecule has 6 nitrogen and oxygen atoms in total. The highest BCUT2D eigenvalue weighted by Gasteiger charge is 2.35. The van der Waals surface area contributed by atoms with E-state index in [9.17, 15) is 14.4 Å². The highest BCUT2D eigenvalue weighted by atomic mass is 127. The quantitative estimate of drug-likeness (QED) is 0.135. The first kappa shape index (κ1) is 25.0. The van der Waals surface area contributed by atoms with E-state index in [2.05, 4.69) is 22.6 Å². The van der Waals surface area contributed by atoms with Crippen LogP contribution < -0.4 is 9.47 Å². The molecule has 1 aliphatic rings. The Morgan fingerprint density at radius 1 is 1.03 bits per heavy atom. The van der Waals surface area contributed by atoms with Gasteiger partial charge in [0, 0.05) is 3.57 Å². The number of aryl methyl sites for hydroxylation is 1. The predicted molar refractivity (Wildman–Crippen MR) is 144 cm³/mol. The lowest BCUT2D eigenvalue weighted by molar-refractivity contribution is -0.123. The second kappa shape index (κ2) is 11.1. The third kappa shape index (κ3) is 5.76. The van der Waals surface area contributed by atoms with E-state index >= 15 is 0 Å². The standard InChI is InChI=1S/C27H22INO5S/c1-3-33-23-14-18(12-13-22(23)34-26(31)20-10-6-7-11-21(20)28)15-24-25(30)29(27(32)35-24)16-19-9-5-4-8-17(19)2/h4-15H,3,16H2,1-2H3/b24-15-. The summed E-state index contributed by atoms with van der Waals surface area (Å²) >= 11 is 2.99. The zero-order valence-corrected chi connectivity index (χ0v) is 22.1. The molecule has 0 radical (unpaired) electrons. The van der Waals surface area contributed by atoms with Crippen LogP contribution in [-0.2, 0) is 11.3 Å². The summed E-state index contributed by atoms with van der Waals surface area (Å²) in [5, 5.41) is -0.308. The molecular weight excluding hydrogens is 577 g/mol. The highest BCUT2D eigenvalue weighted by molar-refractivity contribution is 14.1. The SMILES string of the molecule is CCOc1cc(/C=C2\SC(=O)N(Cc3ccccc3C)C2=O)ccc1OC(=O)c1ccccc1I. The summed E-state index contributed by atoms with van der Waals surface area (Å²) in [6.07, 6.45) is 1.65. The number of nitrogens with zero attached hydrogens (tertiary/aromatic N) is 1. The monoisotopic (exact) mass is 599 g/mol. The maximum absolute atomic E-state index is 13.0. The molecule has 1 fully saturated rings. The normalized spacial score (nSPS) is 14.5. The number of amides is 2. The summed E-state index contributed by atoms with van der Waals surface area (Å²) in [7, 11) is 0. The minimum Gasteiger partial charge on any atom is -0.490 e. The summed E-state index contributed by atoms with van der Waals surface area (Å²) in [4.78, 5) is 39.8. The molecule has 2 amide bonds. The summed E-state index contributed by atoms with van der Waals surface area (Å²) in [5.41, 5.74) is 3.06. The largest absolute Gasteiger partial charge is 0.490 e. The van der Waals surface area contributed by atoms with Gasteiger partial charge in [-0.2, -0.15) is 0 Å². The Kier molecular flexibility index (Phi) is 7.92. The fourth-order valence-electron chi connectivity index (χ4n) is 3.49. The second-order valence-electron chi connectivity index (χ2n) is 7.70. The summed E-state index contributed by atoms with van der Waals surface area (Å²) in [5.74, 6) is -0.169. The number of carbonyl (C=O) groups excluding carboxylic acids is 3. The molecule has 0 atom stereocenters. The van der Waals surface area contributed by atoms with Gasteiger partial charge in [0.25, 0.3) is 11.1 Å². The van der Waals surface area contributed by atoms with Gasteiger partial charge < -0.3 is 9.47 Å². The predicted octanol–water partition coefficient (Wildman–Crippen LogP) is 6.45. The fourth-order valence-corrected chi connectivity index (χ4v) is 4.94. The lowest BCUT2D eigenvalue weighted by atomic mass is 10.1.